The first-order valence-electron chi connectivity index (χ1n) is 6.78. The molecule has 1 amide bonds. The van der Waals surface area contributed by atoms with E-state index in [-0.39, 0.29) is 5.91 Å². The van der Waals surface area contributed by atoms with Crippen LogP contribution < -0.4 is 19.5 Å². The van der Waals surface area contributed by atoms with Gasteiger partial charge in [-0.05, 0) is 24.1 Å². The molecular weight excluding hydrogens is 270 g/mol. The zero-order valence-electron chi connectivity index (χ0n) is 13.2. The van der Waals surface area contributed by atoms with Gasteiger partial charge in [-0.2, -0.15) is 0 Å². The number of carbonyl (C=O) groups excluding carboxylic acids is 1. The lowest BCUT2D eigenvalue weighted by Crippen LogP contribution is -2.25. The van der Waals surface area contributed by atoms with Gasteiger partial charge in [0.15, 0.2) is 11.5 Å². The molecule has 5 nitrogen and oxygen atoms in total. The second-order valence-electron chi connectivity index (χ2n) is 4.90. The number of amides is 1. The van der Waals surface area contributed by atoms with Crippen LogP contribution in [0.15, 0.2) is 18.2 Å². The molecular formula is C16H23NO4. The summed E-state index contributed by atoms with van der Waals surface area (Å²) in [4.78, 5) is 11.7. The number of benzene rings is 1. The van der Waals surface area contributed by atoms with E-state index in [0.717, 1.165) is 5.56 Å². The first-order valence-corrected chi connectivity index (χ1v) is 6.78. The van der Waals surface area contributed by atoms with Crippen LogP contribution in [-0.4, -0.2) is 33.8 Å². The number of rotatable bonds is 7. The van der Waals surface area contributed by atoms with Crippen LogP contribution in [0.5, 0.6) is 17.2 Å². The molecule has 0 fully saturated rings. The average molecular weight is 293 g/mol. The Balaban J connectivity index is 2.95. The summed E-state index contributed by atoms with van der Waals surface area (Å²) in [6, 6.07) is 3.58. The fraction of sp³-hybridized carbons (Fsp3) is 0.438. The van der Waals surface area contributed by atoms with E-state index in [1.54, 1.807) is 33.5 Å². The number of hydrogen-bond donors (Lipinski definition) is 1. The molecule has 0 aliphatic carbocycles. The van der Waals surface area contributed by atoms with E-state index in [4.69, 9.17) is 14.2 Å². The first kappa shape index (κ1) is 16.9. The Morgan fingerprint density at radius 1 is 1.14 bits per heavy atom. The molecule has 5 heteroatoms. The van der Waals surface area contributed by atoms with Gasteiger partial charge < -0.3 is 19.5 Å². The molecule has 0 atom stereocenters. The highest BCUT2D eigenvalue weighted by Crippen LogP contribution is 2.40. The van der Waals surface area contributed by atoms with Crippen LogP contribution in [0.2, 0.25) is 0 Å². The lowest BCUT2D eigenvalue weighted by molar-refractivity contribution is -0.116. The third-order valence-corrected chi connectivity index (χ3v) is 2.83. The summed E-state index contributed by atoms with van der Waals surface area (Å²) in [6.07, 6.45) is 3.17. The molecule has 0 aromatic heterocycles. The summed E-state index contributed by atoms with van der Waals surface area (Å²) >= 11 is 0. The molecule has 21 heavy (non-hydrogen) atoms. The van der Waals surface area contributed by atoms with Gasteiger partial charge in [0.1, 0.15) is 0 Å². The van der Waals surface area contributed by atoms with E-state index in [0.29, 0.717) is 29.7 Å². The molecule has 1 aromatic rings. The Kier molecular flexibility index (Phi) is 6.59. The van der Waals surface area contributed by atoms with Crippen LogP contribution >= 0.6 is 0 Å². The summed E-state index contributed by atoms with van der Waals surface area (Å²) in [5.74, 6) is 1.89. The van der Waals surface area contributed by atoms with Gasteiger partial charge in [-0.3, -0.25) is 4.79 Å². The van der Waals surface area contributed by atoms with Crippen molar-refractivity contribution in [1.29, 1.82) is 0 Å². The van der Waals surface area contributed by atoms with Crippen molar-refractivity contribution in [3.63, 3.8) is 0 Å². The van der Waals surface area contributed by atoms with Crippen LogP contribution in [0.4, 0.5) is 0 Å². The number of methoxy groups -OCH3 is 3. The molecule has 0 saturated carbocycles. The molecule has 0 bridgehead atoms. The summed E-state index contributed by atoms with van der Waals surface area (Å²) in [5, 5.41) is 2.82. The van der Waals surface area contributed by atoms with Crippen molar-refractivity contribution >= 4 is 12.0 Å². The third-order valence-electron chi connectivity index (χ3n) is 2.83. The van der Waals surface area contributed by atoms with E-state index >= 15 is 0 Å². The molecule has 0 heterocycles. The lowest BCUT2D eigenvalue weighted by Gasteiger charge is -2.14. The van der Waals surface area contributed by atoms with Gasteiger partial charge in [0, 0.05) is 18.2 Å². The maximum atomic E-state index is 11.7. The van der Waals surface area contributed by atoms with Crippen molar-refractivity contribution < 1.29 is 19.0 Å². The average Bonchev–Trinajstić information content (AvgIpc) is 2.49. The summed E-state index contributed by atoms with van der Waals surface area (Å²) < 4.78 is 15.9. The maximum absolute atomic E-state index is 11.7. The van der Waals surface area contributed by atoms with E-state index in [1.807, 2.05) is 19.9 Å². The van der Waals surface area contributed by atoms with Crippen molar-refractivity contribution in [1.82, 2.24) is 5.32 Å². The molecule has 0 radical (unpaired) electrons. The van der Waals surface area contributed by atoms with Crippen LogP contribution in [0.1, 0.15) is 19.4 Å². The van der Waals surface area contributed by atoms with Gasteiger partial charge in [-0.25, -0.2) is 0 Å². The zero-order valence-corrected chi connectivity index (χ0v) is 13.2. The zero-order chi connectivity index (χ0) is 15.8. The van der Waals surface area contributed by atoms with Gasteiger partial charge in [0.25, 0.3) is 0 Å². The third kappa shape index (κ3) is 4.70. The maximum Gasteiger partial charge on any atom is 0.244 e. The van der Waals surface area contributed by atoms with Crippen molar-refractivity contribution in [2.24, 2.45) is 5.92 Å². The number of carbonyl (C=O) groups is 1. The molecule has 1 N–H and O–H groups in total. The topological polar surface area (TPSA) is 56.8 Å². The minimum atomic E-state index is -0.138. The van der Waals surface area contributed by atoms with Gasteiger partial charge >= 0.3 is 0 Å². The Labute approximate surface area is 125 Å². The summed E-state index contributed by atoms with van der Waals surface area (Å²) in [7, 11) is 4.66. The van der Waals surface area contributed by atoms with Gasteiger partial charge in [-0.15, -0.1) is 0 Å². The smallest absolute Gasteiger partial charge is 0.244 e. The van der Waals surface area contributed by atoms with E-state index < -0.39 is 0 Å². The highest BCUT2D eigenvalue weighted by molar-refractivity contribution is 5.92. The molecule has 116 valence electrons. The van der Waals surface area contributed by atoms with Crippen molar-refractivity contribution in [3.05, 3.63) is 23.8 Å². The highest BCUT2D eigenvalue weighted by atomic mass is 16.5. The molecule has 0 saturated heterocycles. The Bertz CT molecular complexity index is 509. The van der Waals surface area contributed by atoms with Gasteiger partial charge in [0.2, 0.25) is 11.7 Å². The Hall–Kier alpha value is -2.17. The number of nitrogens with one attached hydrogen (secondary N) is 1. The number of ether oxygens (including phenoxy) is 3. The minimum absolute atomic E-state index is 0.138. The molecule has 0 spiro atoms. The van der Waals surface area contributed by atoms with Gasteiger partial charge in [-0.1, -0.05) is 13.8 Å². The first-order chi connectivity index (χ1) is 10.0. The predicted molar refractivity (Wildman–Crippen MR) is 83.0 cm³/mol. The van der Waals surface area contributed by atoms with Gasteiger partial charge in [0.05, 0.1) is 21.3 Å². The van der Waals surface area contributed by atoms with E-state index in [9.17, 15) is 4.79 Å². The standard InChI is InChI=1S/C16H23NO4/c1-11(2)10-17-14(18)9-7-12-6-8-13(19-3)16(21-5)15(12)20-4/h6-9,11H,10H2,1-5H3,(H,17,18)/b9-7+. The van der Waals surface area contributed by atoms with Crippen LogP contribution in [-0.2, 0) is 4.79 Å². The Morgan fingerprint density at radius 3 is 2.33 bits per heavy atom. The monoisotopic (exact) mass is 293 g/mol. The van der Waals surface area contributed by atoms with Crippen molar-refractivity contribution in [2.75, 3.05) is 27.9 Å². The normalized spacial score (nSPS) is 10.8. The molecule has 0 aliphatic rings. The van der Waals surface area contributed by atoms with E-state index in [1.165, 1.54) is 6.08 Å². The van der Waals surface area contributed by atoms with Crippen molar-refractivity contribution in [3.8, 4) is 17.2 Å². The lowest BCUT2D eigenvalue weighted by atomic mass is 10.1. The number of hydrogen-bond acceptors (Lipinski definition) is 4. The van der Waals surface area contributed by atoms with Crippen LogP contribution in [0.3, 0.4) is 0 Å². The second-order valence-corrected chi connectivity index (χ2v) is 4.90. The summed E-state index contributed by atoms with van der Waals surface area (Å²) in [5.41, 5.74) is 0.745. The fourth-order valence-corrected chi connectivity index (χ4v) is 1.78. The second kappa shape index (κ2) is 8.19. The molecule has 1 rings (SSSR count). The minimum Gasteiger partial charge on any atom is -0.493 e. The molecule has 0 aliphatic heterocycles. The highest BCUT2D eigenvalue weighted by Gasteiger charge is 2.14. The van der Waals surface area contributed by atoms with Crippen LogP contribution in [0.25, 0.3) is 6.08 Å². The molecule has 0 unspecified atom stereocenters. The largest absolute Gasteiger partial charge is 0.493 e. The molecule has 1 aromatic carbocycles. The Morgan fingerprint density at radius 2 is 1.81 bits per heavy atom. The van der Waals surface area contributed by atoms with Crippen molar-refractivity contribution in [2.45, 2.75) is 13.8 Å². The van der Waals surface area contributed by atoms with Crippen LogP contribution in [0, 0.1) is 5.92 Å². The SMILES string of the molecule is COc1ccc(/C=C/C(=O)NCC(C)C)c(OC)c1OC. The quantitative estimate of drug-likeness (QED) is 0.785. The fourth-order valence-electron chi connectivity index (χ4n) is 1.78. The predicted octanol–water partition coefficient (Wildman–Crippen LogP) is 2.50. The summed E-state index contributed by atoms with van der Waals surface area (Å²) in [6.45, 7) is 4.73. The van der Waals surface area contributed by atoms with E-state index in [2.05, 4.69) is 5.32 Å².